The molecule has 1 aliphatic rings. The average molecular weight is 250 g/mol. The second kappa shape index (κ2) is 6.34. The predicted octanol–water partition coefficient (Wildman–Crippen LogP) is 1.87. The van der Waals surface area contributed by atoms with Gasteiger partial charge in [-0.25, -0.2) is 4.98 Å². The Hall–Kier alpha value is -0.870. The molecule has 1 aliphatic heterocycles. The summed E-state index contributed by atoms with van der Waals surface area (Å²) in [5.41, 5.74) is 1.31. The number of piperidine rings is 1. The predicted molar refractivity (Wildman–Crippen MR) is 74.5 cm³/mol. The largest absolute Gasteiger partial charge is 0.333 e. The van der Waals surface area contributed by atoms with E-state index in [2.05, 4.69) is 40.7 Å². The zero-order chi connectivity index (χ0) is 13.0. The van der Waals surface area contributed by atoms with Crippen molar-refractivity contribution in [3.8, 4) is 0 Å². The first kappa shape index (κ1) is 13.6. The van der Waals surface area contributed by atoms with Crippen LogP contribution in [0.2, 0.25) is 0 Å². The second-order valence-electron chi connectivity index (χ2n) is 5.51. The molecule has 18 heavy (non-hydrogen) atoms. The third kappa shape index (κ3) is 3.33. The molecule has 1 N–H and O–H groups in total. The maximum absolute atomic E-state index is 4.25. The van der Waals surface area contributed by atoms with Crippen molar-refractivity contribution < 1.29 is 0 Å². The summed E-state index contributed by atoms with van der Waals surface area (Å²) in [6.07, 6.45) is 7.59. The van der Waals surface area contributed by atoms with Crippen LogP contribution < -0.4 is 5.32 Å². The average Bonchev–Trinajstić information content (AvgIpc) is 2.79. The molecule has 0 bridgehead atoms. The van der Waals surface area contributed by atoms with E-state index in [0.29, 0.717) is 12.1 Å². The Morgan fingerprint density at radius 2 is 2.33 bits per heavy atom. The molecule has 2 atom stereocenters. The molecule has 0 aliphatic carbocycles. The Morgan fingerprint density at radius 3 is 3.06 bits per heavy atom. The topological polar surface area (TPSA) is 33.1 Å². The minimum atomic E-state index is 0.654. The molecule has 0 saturated carbocycles. The first-order valence-corrected chi connectivity index (χ1v) is 7.13. The molecular weight excluding hydrogens is 224 g/mol. The molecule has 1 saturated heterocycles. The van der Waals surface area contributed by atoms with E-state index < -0.39 is 0 Å². The lowest BCUT2D eigenvalue weighted by atomic mass is 9.99. The monoisotopic (exact) mass is 250 g/mol. The van der Waals surface area contributed by atoms with Gasteiger partial charge >= 0.3 is 0 Å². The summed E-state index contributed by atoms with van der Waals surface area (Å²) in [5, 5.41) is 3.69. The number of rotatable bonds is 5. The Kier molecular flexibility index (Phi) is 4.78. The van der Waals surface area contributed by atoms with Crippen molar-refractivity contribution in [2.45, 2.75) is 58.3 Å². The SMILES string of the molecule is CCCn1cncc1CNC1CCN(C)C(C)C1. The molecule has 2 unspecified atom stereocenters. The highest BCUT2D eigenvalue weighted by Gasteiger charge is 2.22. The lowest BCUT2D eigenvalue weighted by Gasteiger charge is -2.35. The van der Waals surface area contributed by atoms with Crippen LogP contribution in [-0.4, -0.2) is 40.1 Å². The van der Waals surface area contributed by atoms with Crippen molar-refractivity contribution in [1.82, 2.24) is 19.8 Å². The number of nitrogens with zero attached hydrogens (tertiary/aromatic N) is 3. The molecule has 1 aromatic rings. The smallest absolute Gasteiger partial charge is 0.0948 e. The van der Waals surface area contributed by atoms with Gasteiger partial charge in [0.15, 0.2) is 0 Å². The van der Waals surface area contributed by atoms with Gasteiger partial charge in [0, 0.05) is 31.4 Å². The quantitative estimate of drug-likeness (QED) is 0.866. The van der Waals surface area contributed by atoms with E-state index in [1.165, 1.54) is 25.1 Å². The minimum absolute atomic E-state index is 0.654. The van der Waals surface area contributed by atoms with Gasteiger partial charge in [-0.15, -0.1) is 0 Å². The van der Waals surface area contributed by atoms with Crippen molar-refractivity contribution in [2.75, 3.05) is 13.6 Å². The van der Waals surface area contributed by atoms with Crippen LogP contribution in [0.15, 0.2) is 12.5 Å². The fourth-order valence-corrected chi connectivity index (χ4v) is 2.66. The number of aryl methyl sites for hydroxylation is 1. The number of likely N-dealkylation sites (tertiary alicyclic amines) is 1. The van der Waals surface area contributed by atoms with Crippen molar-refractivity contribution in [3.05, 3.63) is 18.2 Å². The molecule has 0 aromatic carbocycles. The van der Waals surface area contributed by atoms with E-state index in [0.717, 1.165) is 19.5 Å². The van der Waals surface area contributed by atoms with Crippen LogP contribution in [-0.2, 0) is 13.1 Å². The zero-order valence-electron chi connectivity index (χ0n) is 11.9. The summed E-state index contributed by atoms with van der Waals surface area (Å²) in [6, 6.07) is 1.35. The van der Waals surface area contributed by atoms with Crippen LogP contribution in [0.5, 0.6) is 0 Å². The van der Waals surface area contributed by atoms with Gasteiger partial charge in [0.1, 0.15) is 0 Å². The molecule has 1 aromatic heterocycles. The summed E-state index contributed by atoms with van der Waals surface area (Å²) in [4.78, 5) is 6.69. The van der Waals surface area contributed by atoms with Crippen LogP contribution in [0.1, 0.15) is 38.8 Å². The summed E-state index contributed by atoms with van der Waals surface area (Å²) < 4.78 is 2.26. The van der Waals surface area contributed by atoms with Gasteiger partial charge in [-0.1, -0.05) is 6.92 Å². The minimum Gasteiger partial charge on any atom is -0.333 e. The van der Waals surface area contributed by atoms with Gasteiger partial charge in [0.2, 0.25) is 0 Å². The van der Waals surface area contributed by atoms with Gasteiger partial charge in [0.25, 0.3) is 0 Å². The van der Waals surface area contributed by atoms with Gasteiger partial charge in [0.05, 0.1) is 12.0 Å². The maximum atomic E-state index is 4.25. The Balaban J connectivity index is 1.82. The Morgan fingerprint density at radius 1 is 1.50 bits per heavy atom. The van der Waals surface area contributed by atoms with E-state index in [1.54, 1.807) is 0 Å². The highest BCUT2D eigenvalue weighted by molar-refractivity contribution is 4.98. The van der Waals surface area contributed by atoms with Crippen molar-refractivity contribution in [3.63, 3.8) is 0 Å². The molecule has 4 heteroatoms. The molecular formula is C14H26N4. The summed E-state index contributed by atoms with van der Waals surface area (Å²) in [5.74, 6) is 0. The van der Waals surface area contributed by atoms with Gasteiger partial charge < -0.3 is 14.8 Å². The van der Waals surface area contributed by atoms with E-state index in [4.69, 9.17) is 0 Å². The first-order chi connectivity index (χ1) is 8.70. The van der Waals surface area contributed by atoms with Crippen molar-refractivity contribution in [1.29, 1.82) is 0 Å². The molecule has 102 valence electrons. The Labute approximate surface area is 110 Å². The van der Waals surface area contributed by atoms with Crippen molar-refractivity contribution in [2.24, 2.45) is 0 Å². The zero-order valence-corrected chi connectivity index (χ0v) is 11.9. The third-order valence-corrected chi connectivity index (χ3v) is 4.04. The van der Waals surface area contributed by atoms with Gasteiger partial charge in [-0.3, -0.25) is 0 Å². The molecule has 0 radical (unpaired) electrons. The summed E-state index contributed by atoms with van der Waals surface area (Å²) in [7, 11) is 2.22. The molecule has 0 spiro atoms. The molecule has 1 fully saturated rings. The highest BCUT2D eigenvalue weighted by Crippen LogP contribution is 2.15. The molecule has 0 amide bonds. The van der Waals surface area contributed by atoms with E-state index in [9.17, 15) is 0 Å². The number of aromatic nitrogens is 2. The van der Waals surface area contributed by atoms with Crippen LogP contribution in [0.3, 0.4) is 0 Å². The maximum Gasteiger partial charge on any atom is 0.0948 e. The molecule has 2 heterocycles. The van der Waals surface area contributed by atoms with E-state index in [-0.39, 0.29) is 0 Å². The molecule has 2 rings (SSSR count). The summed E-state index contributed by atoms with van der Waals surface area (Å²) >= 11 is 0. The van der Waals surface area contributed by atoms with Crippen molar-refractivity contribution >= 4 is 0 Å². The van der Waals surface area contributed by atoms with E-state index >= 15 is 0 Å². The first-order valence-electron chi connectivity index (χ1n) is 7.13. The van der Waals surface area contributed by atoms with Gasteiger partial charge in [-0.2, -0.15) is 0 Å². The fraction of sp³-hybridized carbons (Fsp3) is 0.786. The fourth-order valence-electron chi connectivity index (χ4n) is 2.66. The number of hydrogen-bond donors (Lipinski definition) is 1. The highest BCUT2D eigenvalue weighted by atomic mass is 15.1. The number of nitrogens with one attached hydrogen (secondary N) is 1. The van der Waals surface area contributed by atoms with Crippen LogP contribution >= 0.6 is 0 Å². The normalized spacial score (nSPS) is 25.5. The Bertz CT molecular complexity index is 360. The lowest BCUT2D eigenvalue weighted by molar-refractivity contribution is 0.167. The number of imidazole rings is 1. The van der Waals surface area contributed by atoms with Crippen LogP contribution in [0.25, 0.3) is 0 Å². The van der Waals surface area contributed by atoms with Crippen LogP contribution in [0, 0.1) is 0 Å². The van der Waals surface area contributed by atoms with Gasteiger partial charge in [-0.05, 0) is 39.8 Å². The second-order valence-corrected chi connectivity index (χ2v) is 5.51. The third-order valence-electron chi connectivity index (χ3n) is 4.04. The molecule has 4 nitrogen and oxygen atoms in total. The number of hydrogen-bond acceptors (Lipinski definition) is 3. The standard InChI is InChI=1S/C14H26N4/c1-4-6-18-11-15-9-14(18)10-16-13-5-7-17(3)12(2)8-13/h9,11-13,16H,4-8,10H2,1-3H3. The summed E-state index contributed by atoms with van der Waals surface area (Å²) in [6.45, 7) is 7.74. The van der Waals surface area contributed by atoms with Crippen LogP contribution in [0.4, 0.5) is 0 Å². The van der Waals surface area contributed by atoms with E-state index in [1.807, 2.05) is 12.5 Å². The lowest BCUT2D eigenvalue weighted by Crippen LogP contribution is -2.45.